The lowest BCUT2D eigenvalue weighted by molar-refractivity contribution is 0.0682. The number of carbonyl (C=O) groups is 1. The Bertz CT molecular complexity index is 640. The summed E-state index contributed by atoms with van der Waals surface area (Å²) in [6.45, 7) is 3.34. The maximum atomic E-state index is 12.8. The third kappa shape index (κ3) is 6.97. The Hall–Kier alpha value is -1.10. The van der Waals surface area contributed by atoms with E-state index in [0.717, 1.165) is 50.6 Å². The SMILES string of the molecule is C.COCCNCCCc1ccc(Cl)c(C(=O)NCC23CCCC(CCC2)C3)c1. The molecule has 2 fully saturated rings. The van der Waals surface area contributed by atoms with Crippen LogP contribution in [-0.4, -0.2) is 39.3 Å². The van der Waals surface area contributed by atoms with E-state index >= 15 is 0 Å². The summed E-state index contributed by atoms with van der Waals surface area (Å²) in [6.07, 6.45) is 11.1. The minimum absolute atomic E-state index is 0. The standard InChI is InChI=1S/C23H35ClN2O2.CH4/c1-28-14-13-25-12-4-7-18-8-9-21(24)20(15-18)22(27)26-17-23-10-2-5-19(16-23)6-3-11-23;/h8-9,15,19,25H,2-7,10-14,16-17H2,1H3,(H,26,27);1H4. The molecule has 164 valence electrons. The molecule has 0 heterocycles. The second-order valence-corrected chi connectivity index (χ2v) is 9.11. The Morgan fingerprint density at radius 3 is 2.72 bits per heavy atom. The molecule has 0 unspecified atom stereocenters. The van der Waals surface area contributed by atoms with Gasteiger partial charge in [0.25, 0.3) is 5.91 Å². The summed E-state index contributed by atoms with van der Waals surface area (Å²) < 4.78 is 5.03. The van der Waals surface area contributed by atoms with Gasteiger partial charge in [-0.15, -0.1) is 0 Å². The Labute approximate surface area is 182 Å². The maximum Gasteiger partial charge on any atom is 0.252 e. The predicted octanol–water partition coefficient (Wildman–Crippen LogP) is 5.24. The predicted molar refractivity (Wildman–Crippen MR) is 122 cm³/mol. The number of aryl methyl sites for hydroxylation is 1. The minimum Gasteiger partial charge on any atom is -0.383 e. The summed E-state index contributed by atoms with van der Waals surface area (Å²) in [4.78, 5) is 12.8. The lowest BCUT2D eigenvalue weighted by Gasteiger charge is -2.45. The number of amides is 1. The third-order valence-corrected chi connectivity index (χ3v) is 6.89. The molecule has 2 saturated carbocycles. The van der Waals surface area contributed by atoms with Gasteiger partial charge in [0.2, 0.25) is 0 Å². The molecule has 1 amide bonds. The zero-order valence-electron chi connectivity index (χ0n) is 17.2. The molecule has 0 saturated heterocycles. The number of methoxy groups -OCH3 is 1. The zero-order valence-corrected chi connectivity index (χ0v) is 18.0. The first-order valence-electron chi connectivity index (χ1n) is 10.9. The van der Waals surface area contributed by atoms with Crippen molar-refractivity contribution < 1.29 is 9.53 Å². The maximum absolute atomic E-state index is 12.8. The summed E-state index contributed by atoms with van der Waals surface area (Å²) in [5.74, 6) is 0.857. The van der Waals surface area contributed by atoms with Crippen LogP contribution in [0, 0.1) is 11.3 Å². The summed E-state index contributed by atoms with van der Waals surface area (Å²) >= 11 is 6.35. The van der Waals surface area contributed by atoms with Gasteiger partial charge in [0.1, 0.15) is 0 Å². The molecule has 2 bridgehead atoms. The minimum atomic E-state index is -0.0212. The molecule has 0 atom stereocenters. The van der Waals surface area contributed by atoms with Gasteiger partial charge >= 0.3 is 0 Å². The number of benzene rings is 1. The molecule has 2 N–H and O–H groups in total. The van der Waals surface area contributed by atoms with Gasteiger partial charge in [0.15, 0.2) is 0 Å². The Morgan fingerprint density at radius 2 is 2.00 bits per heavy atom. The molecule has 1 aromatic rings. The first-order chi connectivity index (χ1) is 13.6. The van der Waals surface area contributed by atoms with Crippen molar-refractivity contribution in [3.8, 4) is 0 Å². The molecule has 1 aromatic carbocycles. The van der Waals surface area contributed by atoms with Crippen LogP contribution >= 0.6 is 11.6 Å². The fraction of sp³-hybridized carbons (Fsp3) is 0.708. The number of rotatable bonds is 10. The number of hydrogen-bond donors (Lipinski definition) is 2. The van der Waals surface area contributed by atoms with Crippen molar-refractivity contribution in [2.45, 2.75) is 65.2 Å². The van der Waals surface area contributed by atoms with Crippen LogP contribution in [0.5, 0.6) is 0 Å². The van der Waals surface area contributed by atoms with Crippen LogP contribution in [0.3, 0.4) is 0 Å². The van der Waals surface area contributed by atoms with Crippen LogP contribution in [0.4, 0.5) is 0 Å². The van der Waals surface area contributed by atoms with Crippen LogP contribution in [0.2, 0.25) is 5.02 Å². The molecule has 2 aliphatic carbocycles. The molecule has 0 aromatic heterocycles. The van der Waals surface area contributed by atoms with E-state index in [-0.39, 0.29) is 13.3 Å². The summed E-state index contributed by atoms with van der Waals surface area (Å²) in [6, 6.07) is 5.86. The second-order valence-electron chi connectivity index (χ2n) is 8.70. The van der Waals surface area contributed by atoms with E-state index in [0.29, 0.717) is 16.0 Å². The van der Waals surface area contributed by atoms with Gasteiger partial charge < -0.3 is 15.4 Å². The smallest absolute Gasteiger partial charge is 0.252 e. The van der Waals surface area contributed by atoms with Gasteiger partial charge in [-0.2, -0.15) is 0 Å². The molecule has 0 radical (unpaired) electrons. The normalized spacial score (nSPS) is 23.3. The number of hydrogen-bond acceptors (Lipinski definition) is 3. The molecule has 5 heteroatoms. The average molecular weight is 423 g/mol. The molecule has 29 heavy (non-hydrogen) atoms. The van der Waals surface area contributed by atoms with Crippen molar-refractivity contribution in [2.24, 2.45) is 11.3 Å². The fourth-order valence-corrected chi connectivity index (χ4v) is 5.26. The van der Waals surface area contributed by atoms with E-state index in [1.807, 2.05) is 18.2 Å². The third-order valence-electron chi connectivity index (χ3n) is 6.56. The first-order valence-corrected chi connectivity index (χ1v) is 11.3. The summed E-state index contributed by atoms with van der Waals surface area (Å²) in [5.41, 5.74) is 2.11. The fourth-order valence-electron chi connectivity index (χ4n) is 5.05. The quantitative estimate of drug-likeness (QED) is 0.507. The molecular weight excluding hydrogens is 384 g/mol. The van der Waals surface area contributed by atoms with E-state index in [1.165, 1.54) is 44.9 Å². The Kier molecular flexibility index (Phi) is 9.94. The number of ether oxygens (including phenoxy) is 1. The average Bonchev–Trinajstić information content (AvgIpc) is 2.70. The van der Waals surface area contributed by atoms with Crippen molar-refractivity contribution in [1.82, 2.24) is 10.6 Å². The topological polar surface area (TPSA) is 50.4 Å². The van der Waals surface area contributed by atoms with Crippen LogP contribution in [0.1, 0.15) is 74.7 Å². The molecule has 3 rings (SSSR count). The van der Waals surface area contributed by atoms with Crippen LogP contribution in [0.15, 0.2) is 18.2 Å². The van der Waals surface area contributed by atoms with E-state index in [4.69, 9.17) is 16.3 Å². The Morgan fingerprint density at radius 1 is 1.24 bits per heavy atom. The number of carbonyl (C=O) groups excluding carboxylic acids is 1. The van der Waals surface area contributed by atoms with Crippen molar-refractivity contribution in [2.75, 3.05) is 33.4 Å². The summed E-state index contributed by atoms with van der Waals surface area (Å²) in [5, 5.41) is 7.12. The van der Waals surface area contributed by atoms with Gasteiger partial charge in [-0.1, -0.05) is 50.8 Å². The molecule has 0 aliphatic heterocycles. The van der Waals surface area contributed by atoms with E-state index in [1.54, 1.807) is 7.11 Å². The highest BCUT2D eigenvalue weighted by Gasteiger charge is 2.39. The first kappa shape index (κ1) is 24.2. The van der Waals surface area contributed by atoms with Gasteiger partial charge in [-0.25, -0.2) is 0 Å². The van der Waals surface area contributed by atoms with Crippen molar-refractivity contribution in [3.05, 3.63) is 34.3 Å². The van der Waals surface area contributed by atoms with Crippen molar-refractivity contribution in [1.29, 1.82) is 0 Å². The molecule has 2 aliphatic rings. The molecule has 0 spiro atoms. The van der Waals surface area contributed by atoms with Crippen LogP contribution < -0.4 is 10.6 Å². The van der Waals surface area contributed by atoms with Crippen molar-refractivity contribution >= 4 is 17.5 Å². The lowest BCUT2D eigenvalue weighted by Crippen LogP contribution is -2.43. The second kappa shape index (κ2) is 11.9. The highest BCUT2D eigenvalue weighted by Crippen LogP contribution is 2.48. The molecular formula is C24H39ClN2O2. The van der Waals surface area contributed by atoms with Gasteiger partial charge in [-0.05, 0) is 67.7 Å². The number of halogens is 1. The monoisotopic (exact) mass is 422 g/mol. The number of nitrogens with one attached hydrogen (secondary N) is 2. The van der Waals surface area contributed by atoms with E-state index in [2.05, 4.69) is 10.6 Å². The van der Waals surface area contributed by atoms with Crippen LogP contribution in [-0.2, 0) is 11.2 Å². The van der Waals surface area contributed by atoms with E-state index in [9.17, 15) is 4.79 Å². The van der Waals surface area contributed by atoms with Gasteiger partial charge in [-0.3, -0.25) is 4.79 Å². The van der Waals surface area contributed by atoms with Gasteiger partial charge in [0, 0.05) is 20.2 Å². The highest BCUT2D eigenvalue weighted by atomic mass is 35.5. The lowest BCUT2D eigenvalue weighted by atomic mass is 9.62. The van der Waals surface area contributed by atoms with E-state index < -0.39 is 0 Å². The molecule has 4 nitrogen and oxygen atoms in total. The zero-order chi connectivity index (χ0) is 19.8. The summed E-state index contributed by atoms with van der Waals surface area (Å²) in [7, 11) is 1.71. The number of fused-ring (bicyclic) bond motifs is 2. The largest absolute Gasteiger partial charge is 0.383 e. The van der Waals surface area contributed by atoms with Crippen molar-refractivity contribution in [3.63, 3.8) is 0 Å². The van der Waals surface area contributed by atoms with Crippen LogP contribution in [0.25, 0.3) is 0 Å². The highest BCUT2D eigenvalue weighted by molar-refractivity contribution is 6.33. The van der Waals surface area contributed by atoms with Gasteiger partial charge in [0.05, 0.1) is 17.2 Å². The Balaban J connectivity index is 0.00000300.